The van der Waals surface area contributed by atoms with E-state index in [0.29, 0.717) is 30.8 Å². The van der Waals surface area contributed by atoms with E-state index in [1.54, 1.807) is 4.90 Å². The molecule has 274 valence electrons. The lowest BCUT2D eigenvalue weighted by molar-refractivity contribution is 0.0324. The molecule has 1 N–H and O–H groups in total. The highest BCUT2D eigenvalue weighted by molar-refractivity contribution is 6.73. The van der Waals surface area contributed by atoms with E-state index in [2.05, 4.69) is 26.1 Å². The van der Waals surface area contributed by atoms with Crippen molar-refractivity contribution in [2.24, 2.45) is 10.2 Å². The minimum Gasteiger partial charge on any atom is -0.453 e. The van der Waals surface area contributed by atoms with Crippen molar-refractivity contribution in [3.63, 3.8) is 0 Å². The van der Waals surface area contributed by atoms with Gasteiger partial charge in [0.15, 0.2) is 8.32 Å². The molecule has 0 saturated carbocycles. The number of nitrogens with zero attached hydrogens (tertiary/aromatic N) is 5. The first kappa shape index (κ1) is 35.4. The number of azo groups is 1. The number of para-hydroxylation sites is 2. The molecule has 2 unspecified atom stereocenters. The van der Waals surface area contributed by atoms with E-state index in [-0.39, 0.29) is 13.2 Å². The normalized spacial score (nSPS) is 24.3. The summed E-state index contributed by atoms with van der Waals surface area (Å²) in [6.45, 7) is 7.41. The fourth-order valence-electron chi connectivity index (χ4n) is 8.58. The number of carbonyl (C=O) groups excluding carboxylic acids is 3. The van der Waals surface area contributed by atoms with Crippen molar-refractivity contribution in [1.29, 1.82) is 0 Å². The Morgan fingerprint density at radius 1 is 0.808 bits per heavy atom. The van der Waals surface area contributed by atoms with E-state index in [1.165, 1.54) is 24.0 Å². The molecule has 2 saturated heterocycles. The minimum absolute atomic E-state index is 0.0610. The monoisotopic (exact) mass is 726 g/mol. The lowest BCUT2D eigenvalue weighted by Gasteiger charge is -2.41. The topological polar surface area (TPSA) is 135 Å². The first-order valence-electron chi connectivity index (χ1n) is 18.0. The highest BCUT2D eigenvalue weighted by Gasteiger charge is 2.63. The Kier molecular flexibility index (Phi) is 9.46. The molecule has 2 fully saturated rings. The van der Waals surface area contributed by atoms with Crippen LogP contribution in [0.2, 0.25) is 18.1 Å². The number of amides is 3. The summed E-state index contributed by atoms with van der Waals surface area (Å²) in [6, 6.07) is 25.6. The summed E-state index contributed by atoms with van der Waals surface area (Å²) in [6.07, 6.45) is -1.99. The van der Waals surface area contributed by atoms with Crippen LogP contribution in [0.4, 0.5) is 31.4 Å². The van der Waals surface area contributed by atoms with Gasteiger partial charge in [-0.3, -0.25) is 14.7 Å². The van der Waals surface area contributed by atoms with Gasteiger partial charge in [0.05, 0.1) is 25.6 Å². The Bertz CT molecular complexity index is 1870. The van der Waals surface area contributed by atoms with Gasteiger partial charge >= 0.3 is 18.3 Å². The van der Waals surface area contributed by atoms with Crippen LogP contribution in [0.1, 0.15) is 50.3 Å². The summed E-state index contributed by atoms with van der Waals surface area (Å²) in [5, 5.41) is 13.6. The maximum Gasteiger partial charge on any atom is 0.416 e. The summed E-state index contributed by atoms with van der Waals surface area (Å²) in [5.74, 6) is 0. The number of benzene rings is 3. The number of hydrogen-bond acceptors (Lipinski definition) is 10. The molecular weight excluding hydrogens is 681 g/mol. The van der Waals surface area contributed by atoms with E-state index in [0.717, 1.165) is 40.5 Å². The molecule has 0 radical (unpaired) electrons. The van der Waals surface area contributed by atoms with Gasteiger partial charge in [-0.2, -0.15) is 10.2 Å². The van der Waals surface area contributed by atoms with E-state index in [9.17, 15) is 14.4 Å². The van der Waals surface area contributed by atoms with Crippen LogP contribution >= 0.6 is 0 Å². The zero-order valence-electron chi connectivity index (χ0n) is 30.3. The van der Waals surface area contributed by atoms with Gasteiger partial charge in [0, 0.05) is 37.1 Å². The fourth-order valence-corrected chi connectivity index (χ4v) is 11.6. The predicted octanol–water partition coefficient (Wildman–Crippen LogP) is 8.06. The number of ether oxygens (including phenoxy) is 3. The predicted molar refractivity (Wildman–Crippen MR) is 197 cm³/mol. The van der Waals surface area contributed by atoms with E-state index < -0.39 is 50.1 Å². The average molecular weight is 727 g/mol. The van der Waals surface area contributed by atoms with Gasteiger partial charge in [-0.1, -0.05) is 81.4 Å². The second kappa shape index (κ2) is 13.9. The molecule has 4 aliphatic heterocycles. The van der Waals surface area contributed by atoms with Gasteiger partial charge in [0.25, 0.3) is 0 Å². The quantitative estimate of drug-likeness (QED) is 0.133. The molecule has 4 heterocycles. The number of rotatable bonds is 9. The molecule has 4 aliphatic rings. The number of likely N-dealkylation sites (tertiary alicyclic amines) is 2. The second-order valence-corrected chi connectivity index (χ2v) is 18.4. The molecule has 3 amide bonds. The van der Waals surface area contributed by atoms with Gasteiger partial charge in [-0.25, -0.2) is 14.4 Å². The molecule has 3 aromatic rings. The van der Waals surface area contributed by atoms with Crippen molar-refractivity contribution >= 4 is 43.7 Å². The molecule has 0 aliphatic carbocycles. The van der Waals surface area contributed by atoms with Gasteiger partial charge in [0.1, 0.15) is 35.8 Å². The summed E-state index contributed by atoms with van der Waals surface area (Å²) in [5.41, 5.74) is 2.51. The molecular formula is C38H46N6O7Si. The van der Waals surface area contributed by atoms with Crippen LogP contribution in [-0.4, -0.2) is 76.0 Å². The van der Waals surface area contributed by atoms with E-state index in [4.69, 9.17) is 28.9 Å². The SMILES string of the molecule is CC[Si](CC)(CC)O[C@]12CCN(C(=O)OC)C1Nc1c(N=N[C@]34CCN(C(=O)OC)C3N(C(=O)OCc3ccccc3)c3ccccc34)cccc12. The van der Waals surface area contributed by atoms with Crippen LogP contribution in [0.15, 0.2) is 83.0 Å². The van der Waals surface area contributed by atoms with Crippen molar-refractivity contribution in [1.82, 2.24) is 9.80 Å². The number of carbonyl (C=O) groups is 3. The van der Waals surface area contributed by atoms with Crippen LogP contribution in [-0.2, 0) is 36.4 Å². The minimum atomic E-state index is -2.18. The molecule has 0 aromatic heterocycles. The molecule has 0 bridgehead atoms. The Morgan fingerprint density at radius 3 is 2.17 bits per heavy atom. The Balaban J connectivity index is 1.30. The number of anilines is 2. The second-order valence-electron chi connectivity index (χ2n) is 13.7. The largest absolute Gasteiger partial charge is 0.453 e. The summed E-state index contributed by atoms with van der Waals surface area (Å²) in [4.78, 5) is 45.0. The van der Waals surface area contributed by atoms with E-state index in [1.807, 2.05) is 72.8 Å². The third-order valence-electron chi connectivity index (χ3n) is 11.5. The summed E-state index contributed by atoms with van der Waals surface area (Å²) >= 11 is 0. The zero-order chi connectivity index (χ0) is 36.7. The molecule has 52 heavy (non-hydrogen) atoms. The van der Waals surface area contributed by atoms with Crippen LogP contribution in [0.5, 0.6) is 0 Å². The van der Waals surface area contributed by atoms with Crippen LogP contribution in [0.3, 0.4) is 0 Å². The number of hydrogen-bond donors (Lipinski definition) is 1. The van der Waals surface area contributed by atoms with Gasteiger partial charge in [-0.15, -0.1) is 0 Å². The zero-order valence-corrected chi connectivity index (χ0v) is 31.3. The number of methoxy groups -OCH3 is 2. The molecule has 0 spiro atoms. The maximum absolute atomic E-state index is 14.0. The summed E-state index contributed by atoms with van der Waals surface area (Å²) in [7, 11) is 0.537. The van der Waals surface area contributed by atoms with Crippen molar-refractivity contribution in [3.8, 4) is 0 Å². The Labute approximate surface area is 305 Å². The number of fused-ring (bicyclic) bond motifs is 6. The van der Waals surface area contributed by atoms with Crippen LogP contribution in [0.25, 0.3) is 0 Å². The van der Waals surface area contributed by atoms with E-state index >= 15 is 0 Å². The van der Waals surface area contributed by atoms with Crippen molar-refractivity contribution in [2.75, 3.05) is 37.5 Å². The molecule has 14 heteroatoms. The summed E-state index contributed by atoms with van der Waals surface area (Å²) < 4.78 is 23.6. The highest BCUT2D eigenvalue weighted by atomic mass is 28.4. The molecule has 4 atom stereocenters. The third-order valence-corrected chi connectivity index (χ3v) is 16.1. The van der Waals surface area contributed by atoms with Gasteiger partial charge in [-0.05, 0) is 35.8 Å². The number of nitrogens with one attached hydrogen (secondary N) is 1. The van der Waals surface area contributed by atoms with Crippen LogP contribution < -0.4 is 10.2 Å². The van der Waals surface area contributed by atoms with Crippen LogP contribution in [0, 0.1) is 0 Å². The third kappa shape index (κ3) is 5.50. The maximum atomic E-state index is 14.0. The lowest BCUT2D eigenvalue weighted by atomic mass is 9.90. The van der Waals surface area contributed by atoms with Gasteiger partial charge < -0.3 is 24.0 Å². The highest BCUT2D eigenvalue weighted by Crippen LogP contribution is 2.57. The first-order valence-corrected chi connectivity index (χ1v) is 20.6. The lowest BCUT2D eigenvalue weighted by Crippen LogP contribution is -2.53. The standard InChI is InChI=1S/C38H46N6O7Si/c1-6-52(7-2,8-3)51-38-22-24-42(34(45)48-4)32(38)39-31-28(38)18-14-19-29(31)40-41-37-21-23-43(35(46)49-5)33(37)44(30-20-13-12-17-27(30)37)36(47)50-25-26-15-10-9-11-16-26/h9-20,32-33,39H,6-8,21-25H2,1-5H3/t32?,33?,37-,38-/m0/s1. The van der Waals surface area contributed by atoms with Crippen molar-refractivity contribution in [2.45, 2.75) is 81.8 Å². The average Bonchev–Trinajstić information content (AvgIpc) is 3.91. The first-order chi connectivity index (χ1) is 25.2. The smallest absolute Gasteiger partial charge is 0.416 e. The van der Waals surface area contributed by atoms with Crippen molar-refractivity contribution in [3.05, 3.63) is 89.5 Å². The molecule has 13 nitrogen and oxygen atoms in total. The fraction of sp³-hybridized carbons (Fsp3) is 0.447. The Hall–Kier alpha value is -4.95. The molecule has 3 aromatic carbocycles. The molecule has 7 rings (SSSR count). The Morgan fingerprint density at radius 2 is 1.46 bits per heavy atom. The van der Waals surface area contributed by atoms with Crippen molar-refractivity contribution < 1.29 is 33.0 Å². The van der Waals surface area contributed by atoms with Gasteiger partial charge in [0.2, 0.25) is 0 Å².